The lowest BCUT2D eigenvalue weighted by Crippen LogP contribution is -2.48. The summed E-state index contributed by atoms with van der Waals surface area (Å²) in [6.45, 7) is 6.99. The molecule has 0 spiro atoms. The fourth-order valence-corrected chi connectivity index (χ4v) is 3.32. The molecule has 1 amide bonds. The van der Waals surface area contributed by atoms with Gasteiger partial charge >= 0.3 is 0 Å². The summed E-state index contributed by atoms with van der Waals surface area (Å²) in [4.78, 5) is 17.1. The molecule has 0 bridgehead atoms. The second-order valence-electron chi connectivity index (χ2n) is 6.69. The van der Waals surface area contributed by atoms with Gasteiger partial charge < -0.3 is 9.64 Å². The molecule has 0 saturated carbocycles. The van der Waals surface area contributed by atoms with E-state index in [1.807, 2.05) is 29.2 Å². The number of piperazine rings is 1. The van der Waals surface area contributed by atoms with Crippen LogP contribution in [0, 0.1) is 6.92 Å². The standard InChI is InChI=1S/C21H26N2O2/c1-17-5-3-6-18(13-17)15-22-9-11-23(12-10-22)21(24)20-8-4-7-19(14-20)16-25-2/h3-8,13-14H,9-12,15-16H2,1-2H3. The topological polar surface area (TPSA) is 32.8 Å². The van der Waals surface area contributed by atoms with Gasteiger partial charge in [0.25, 0.3) is 5.91 Å². The van der Waals surface area contributed by atoms with E-state index in [0.29, 0.717) is 6.61 Å². The quantitative estimate of drug-likeness (QED) is 0.840. The minimum atomic E-state index is 0.119. The summed E-state index contributed by atoms with van der Waals surface area (Å²) in [6, 6.07) is 16.4. The Bertz CT molecular complexity index is 721. The van der Waals surface area contributed by atoms with Crippen molar-refractivity contribution < 1.29 is 9.53 Å². The van der Waals surface area contributed by atoms with Crippen molar-refractivity contribution in [3.63, 3.8) is 0 Å². The van der Waals surface area contributed by atoms with Crippen molar-refractivity contribution in [3.8, 4) is 0 Å². The van der Waals surface area contributed by atoms with Gasteiger partial charge in [-0.15, -0.1) is 0 Å². The molecule has 0 atom stereocenters. The molecule has 0 radical (unpaired) electrons. The van der Waals surface area contributed by atoms with Crippen LogP contribution in [0.2, 0.25) is 0 Å². The van der Waals surface area contributed by atoms with Crippen molar-refractivity contribution in [1.29, 1.82) is 0 Å². The first kappa shape index (κ1) is 17.6. The third-order valence-corrected chi connectivity index (χ3v) is 4.63. The van der Waals surface area contributed by atoms with Crippen LogP contribution >= 0.6 is 0 Å². The molecule has 2 aromatic rings. The minimum Gasteiger partial charge on any atom is -0.380 e. The van der Waals surface area contributed by atoms with Crippen LogP contribution in [0.5, 0.6) is 0 Å². The van der Waals surface area contributed by atoms with Gasteiger partial charge in [0.1, 0.15) is 0 Å². The summed E-state index contributed by atoms with van der Waals surface area (Å²) < 4.78 is 5.16. The third kappa shape index (κ3) is 4.68. The van der Waals surface area contributed by atoms with Gasteiger partial charge in [0.05, 0.1) is 6.61 Å². The molecule has 2 aromatic carbocycles. The number of hydrogen-bond acceptors (Lipinski definition) is 3. The summed E-state index contributed by atoms with van der Waals surface area (Å²) in [6.07, 6.45) is 0. The average molecular weight is 338 g/mol. The van der Waals surface area contributed by atoms with Gasteiger partial charge in [0.15, 0.2) is 0 Å². The molecule has 1 saturated heterocycles. The monoisotopic (exact) mass is 338 g/mol. The molecule has 1 aliphatic rings. The first-order valence-electron chi connectivity index (χ1n) is 8.81. The molecule has 132 valence electrons. The summed E-state index contributed by atoms with van der Waals surface area (Å²) in [7, 11) is 1.67. The SMILES string of the molecule is COCc1cccc(C(=O)N2CCN(Cc3cccc(C)c3)CC2)c1. The van der Waals surface area contributed by atoms with E-state index in [2.05, 4.69) is 36.1 Å². The van der Waals surface area contributed by atoms with E-state index in [4.69, 9.17) is 4.74 Å². The van der Waals surface area contributed by atoms with E-state index in [-0.39, 0.29) is 5.91 Å². The Hall–Kier alpha value is -2.17. The first-order chi connectivity index (χ1) is 12.2. The van der Waals surface area contributed by atoms with Crippen LogP contribution in [0.15, 0.2) is 48.5 Å². The van der Waals surface area contributed by atoms with Gasteiger partial charge in [-0.3, -0.25) is 9.69 Å². The molecule has 1 aliphatic heterocycles. The molecular weight excluding hydrogens is 312 g/mol. The lowest BCUT2D eigenvalue weighted by atomic mass is 10.1. The number of benzene rings is 2. The highest BCUT2D eigenvalue weighted by molar-refractivity contribution is 5.94. The van der Waals surface area contributed by atoms with E-state index < -0.39 is 0 Å². The minimum absolute atomic E-state index is 0.119. The van der Waals surface area contributed by atoms with Crippen LogP contribution < -0.4 is 0 Å². The van der Waals surface area contributed by atoms with Crippen LogP contribution in [0.25, 0.3) is 0 Å². The molecule has 0 N–H and O–H groups in total. The fourth-order valence-electron chi connectivity index (χ4n) is 3.32. The second kappa shape index (κ2) is 8.28. The van der Waals surface area contributed by atoms with Crippen molar-refractivity contribution in [2.45, 2.75) is 20.1 Å². The normalized spacial score (nSPS) is 15.4. The Morgan fingerprint density at radius 3 is 2.44 bits per heavy atom. The maximum Gasteiger partial charge on any atom is 0.253 e. The number of carbonyl (C=O) groups excluding carboxylic acids is 1. The molecule has 0 unspecified atom stereocenters. The summed E-state index contributed by atoms with van der Waals surface area (Å²) >= 11 is 0. The molecule has 4 nitrogen and oxygen atoms in total. The van der Waals surface area contributed by atoms with Gasteiger partial charge in [0, 0.05) is 45.4 Å². The Morgan fingerprint density at radius 1 is 1.00 bits per heavy atom. The zero-order chi connectivity index (χ0) is 17.6. The molecule has 1 fully saturated rings. The number of amides is 1. The van der Waals surface area contributed by atoms with Crippen LogP contribution in [0.3, 0.4) is 0 Å². The van der Waals surface area contributed by atoms with Crippen LogP contribution in [0.4, 0.5) is 0 Å². The fraction of sp³-hybridized carbons (Fsp3) is 0.381. The van der Waals surface area contributed by atoms with E-state index in [9.17, 15) is 4.79 Å². The zero-order valence-electron chi connectivity index (χ0n) is 15.1. The number of ether oxygens (including phenoxy) is 1. The number of aryl methyl sites for hydroxylation is 1. The summed E-state index contributed by atoms with van der Waals surface area (Å²) in [5, 5.41) is 0. The molecule has 4 heteroatoms. The van der Waals surface area contributed by atoms with Crippen molar-refractivity contribution >= 4 is 5.91 Å². The molecule has 3 rings (SSSR count). The highest BCUT2D eigenvalue weighted by atomic mass is 16.5. The third-order valence-electron chi connectivity index (χ3n) is 4.63. The Balaban J connectivity index is 1.56. The molecular formula is C21H26N2O2. The van der Waals surface area contributed by atoms with Gasteiger partial charge in [-0.25, -0.2) is 0 Å². The van der Waals surface area contributed by atoms with E-state index in [0.717, 1.165) is 43.9 Å². The lowest BCUT2D eigenvalue weighted by Gasteiger charge is -2.35. The maximum atomic E-state index is 12.7. The first-order valence-corrected chi connectivity index (χ1v) is 8.81. The Kier molecular flexibility index (Phi) is 5.84. The van der Waals surface area contributed by atoms with E-state index in [1.165, 1.54) is 11.1 Å². The van der Waals surface area contributed by atoms with Crippen LogP contribution in [-0.4, -0.2) is 49.0 Å². The zero-order valence-corrected chi connectivity index (χ0v) is 15.1. The van der Waals surface area contributed by atoms with Crippen molar-refractivity contribution in [2.75, 3.05) is 33.3 Å². The van der Waals surface area contributed by atoms with E-state index >= 15 is 0 Å². The Labute approximate surface area is 150 Å². The smallest absolute Gasteiger partial charge is 0.253 e. The predicted molar refractivity (Wildman–Crippen MR) is 99.5 cm³/mol. The number of methoxy groups -OCH3 is 1. The largest absolute Gasteiger partial charge is 0.380 e. The number of carbonyl (C=O) groups is 1. The molecule has 25 heavy (non-hydrogen) atoms. The molecule has 1 heterocycles. The second-order valence-corrected chi connectivity index (χ2v) is 6.69. The van der Waals surface area contributed by atoms with Crippen molar-refractivity contribution in [2.24, 2.45) is 0 Å². The van der Waals surface area contributed by atoms with Crippen molar-refractivity contribution in [3.05, 3.63) is 70.8 Å². The highest BCUT2D eigenvalue weighted by Gasteiger charge is 2.22. The number of rotatable bonds is 5. The van der Waals surface area contributed by atoms with Crippen molar-refractivity contribution in [1.82, 2.24) is 9.80 Å². The number of nitrogens with zero attached hydrogens (tertiary/aromatic N) is 2. The Morgan fingerprint density at radius 2 is 1.72 bits per heavy atom. The van der Waals surface area contributed by atoms with E-state index in [1.54, 1.807) is 7.11 Å². The lowest BCUT2D eigenvalue weighted by molar-refractivity contribution is 0.0628. The van der Waals surface area contributed by atoms with Crippen LogP contribution in [-0.2, 0) is 17.9 Å². The van der Waals surface area contributed by atoms with Gasteiger partial charge in [0.2, 0.25) is 0 Å². The predicted octanol–water partition coefficient (Wildman–Crippen LogP) is 3.10. The van der Waals surface area contributed by atoms with Gasteiger partial charge in [-0.2, -0.15) is 0 Å². The van der Waals surface area contributed by atoms with Gasteiger partial charge in [-0.05, 0) is 30.2 Å². The maximum absolute atomic E-state index is 12.7. The average Bonchev–Trinajstić information content (AvgIpc) is 2.62. The van der Waals surface area contributed by atoms with Gasteiger partial charge in [-0.1, -0.05) is 42.0 Å². The number of hydrogen-bond donors (Lipinski definition) is 0. The summed E-state index contributed by atoms with van der Waals surface area (Å²) in [5.41, 5.74) is 4.42. The summed E-state index contributed by atoms with van der Waals surface area (Å²) in [5.74, 6) is 0.119. The molecule has 0 aromatic heterocycles. The molecule has 0 aliphatic carbocycles. The highest BCUT2D eigenvalue weighted by Crippen LogP contribution is 2.14. The van der Waals surface area contributed by atoms with Crippen LogP contribution in [0.1, 0.15) is 27.0 Å².